The van der Waals surface area contributed by atoms with E-state index in [1.165, 1.54) is 12.1 Å². The van der Waals surface area contributed by atoms with Crippen LogP contribution in [0.15, 0.2) is 133 Å². The molecule has 9 heteroatoms. The Kier molecular flexibility index (Phi) is 9.24. The third kappa shape index (κ3) is 7.15. The van der Waals surface area contributed by atoms with Gasteiger partial charge in [-0.3, -0.25) is 19.7 Å². The van der Waals surface area contributed by atoms with Crippen LogP contribution in [0.1, 0.15) is 51.7 Å². The van der Waals surface area contributed by atoms with Crippen LogP contribution >= 0.6 is 0 Å². The van der Waals surface area contributed by atoms with Gasteiger partial charge in [-0.2, -0.15) is 0 Å². The summed E-state index contributed by atoms with van der Waals surface area (Å²) in [6.07, 6.45) is -0.541. The largest absolute Gasteiger partial charge is 0.484 e. The molecule has 9 nitrogen and oxygen atoms in total. The van der Waals surface area contributed by atoms with Gasteiger partial charge in [-0.05, 0) is 47.4 Å². The molecule has 0 spiro atoms. The summed E-state index contributed by atoms with van der Waals surface area (Å²) >= 11 is 0. The number of benzene rings is 5. The van der Waals surface area contributed by atoms with E-state index in [1.807, 2.05) is 110 Å². The molecular formula is C38H34N4O5. The molecule has 1 N–H and O–H groups in total. The van der Waals surface area contributed by atoms with Crippen molar-refractivity contribution < 1.29 is 19.2 Å². The number of hydrogen-bond acceptors (Lipinski definition) is 6. The average Bonchev–Trinajstić information content (AvgIpc) is 3.10. The van der Waals surface area contributed by atoms with Gasteiger partial charge >= 0.3 is 0 Å². The Morgan fingerprint density at radius 3 is 1.98 bits per heavy atom. The van der Waals surface area contributed by atoms with Gasteiger partial charge in [0.1, 0.15) is 11.9 Å². The fourth-order valence-corrected chi connectivity index (χ4v) is 5.87. The molecule has 1 heterocycles. The van der Waals surface area contributed by atoms with Gasteiger partial charge < -0.3 is 19.9 Å². The standard InChI is InChI=1S/C38H34N4O5/c1-27(30-15-9-4-10-16-30)39-36(43)26-47-33-20-17-31(18-21-33)37-40(24-28-11-5-2-6-12-28)35-22-19-32(42(45)46)23-34(35)38(44)41(37)25-29-13-7-3-8-14-29/h2-23,27,37H,24-26H2,1H3,(H,39,43)/t27-,37+/m0/s1. The minimum absolute atomic E-state index is 0.140. The van der Waals surface area contributed by atoms with Crippen molar-refractivity contribution in [1.82, 2.24) is 10.2 Å². The predicted molar refractivity (Wildman–Crippen MR) is 180 cm³/mol. The van der Waals surface area contributed by atoms with Crippen molar-refractivity contribution in [2.75, 3.05) is 11.5 Å². The van der Waals surface area contributed by atoms with Crippen molar-refractivity contribution in [3.8, 4) is 5.75 Å². The SMILES string of the molecule is C[C@H](NC(=O)COc1ccc([C@H]2N(Cc3ccccc3)C(=O)c3cc([N+](=O)[O-])ccc3N2Cc2ccccc2)cc1)c1ccccc1. The van der Waals surface area contributed by atoms with Gasteiger partial charge in [-0.25, -0.2) is 0 Å². The van der Waals surface area contributed by atoms with Crippen molar-refractivity contribution in [2.24, 2.45) is 0 Å². The normalized spacial score (nSPS) is 14.7. The topological polar surface area (TPSA) is 105 Å². The first-order valence-corrected chi connectivity index (χ1v) is 15.4. The zero-order chi connectivity index (χ0) is 32.8. The number of amides is 2. The maximum absolute atomic E-state index is 14.2. The predicted octanol–water partition coefficient (Wildman–Crippen LogP) is 7.21. The second kappa shape index (κ2) is 14.0. The molecule has 0 saturated heterocycles. The molecule has 0 aromatic heterocycles. The lowest BCUT2D eigenvalue weighted by Gasteiger charge is -2.46. The smallest absolute Gasteiger partial charge is 0.270 e. The monoisotopic (exact) mass is 626 g/mol. The maximum atomic E-state index is 14.2. The Morgan fingerprint density at radius 1 is 0.809 bits per heavy atom. The highest BCUT2D eigenvalue weighted by molar-refractivity contribution is 6.02. The zero-order valence-corrected chi connectivity index (χ0v) is 25.9. The van der Waals surface area contributed by atoms with Crippen molar-refractivity contribution in [2.45, 2.75) is 32.2 Å². The number of nitrogens with one attached hydrogen (secondary N) is 1. The average molecular weight is 627 g/mol. The van der Waals surface area contributed by atoms with Crippen molar-refractivity contribution in [1.29, 1.82) is 0 Å². The van der Waals surface area contributed by atoms with Crippen LogP contribution < -0.4 is 15.0 Å². The van der Waals surface area contributed by atoms with Crippen LogP contribution in [0.2, 0.25) is 0 Å². The fraction of sp³-hybridized carbons (Fsp3) is 0.158. The van der Waals surface area contributed by atoms with Gasteiger partial charge in [-0.1, -0.05) is 103 Å². The zero-order valence-electron chi connectivity index (χ0n) is 25.9. The van der Waals surface area contributed by atoms with Gasteiger partial charge in [0.25, 0.3) is 17.5 Å². The van der Waals surface area contributed by atoms with E-state index < -0.39 is 11.1 Å². The lowest BCUT2D eigenvalue weighted by Crippen LogP contribution is -2.48. The number of fused-ring (bicyclic) bond motifs is 1. The van der Waals surface area contributed by atoms with Gasteiger partial charge in [0.15, 0.2) is 6.61 Å². The first-order valence-electron chi connectivity index (χ1n) is 15.4. The molecule has 6 rings (SSSR count). The minimum Gasteiger partial charge on any atom is -0.484 e. The number of carbonyl (C=O) groups is 2. The summed E-state index contributed by atoms with van der Waals surface area (Å²) in [5.74, 6) is -0.0258. The number of hydrogen-bond donors (Lipinski definition) is 1. The van der Waals surface area contributed by atoms with Crippen LogP contribution in [0.25, 0.3) is 0 Å². The summed E-state index contributed by atoms with van der Waals surface area (Å²) < 4.78 is 5.83. The Labute approximate surface area is 273 Å². The van der Waals surface area contributed by atoms with Gasteiger partial charge in [0.05, 0.1) is 22.2 Å². The summed E-state index contributed by atoms with van der Waals surface area (Å²) in [5, 5.41) is 14.7. The van der Waals surface area contributed by atoms with E-state index in [9.17, 15) is 19.7 Å². The highest BCUT2D eigenvalue weighted by Gasteiger charge is 2.39. The Bertz CT molecular complexity index is 1850. The number of carbonyl (C=O) groups excluding carboxylic acids is 2. The second-order valence-electron chi connectivity index (χ2n) is 11.4. The molecular weight excluding hydrogens is 592 g/mol. The number of nitrogens with zero attached hydrogens (tertiary/aromatic N) is 3. The number of anilines is 1. The lowest BCUT2D eigenvalue weighted by atomic mass is 9.98. The first-order chi connectivity index (χ1) is 22.9. The van der Waals surface area contributed by atoms with Gasteiger partial charge in [0, 0.05) is 25.2 Å². The number of rotatable bonds is 11. The Morgan fingerprint density at radius 2 is 1.38 bits per heavy atom. The van der Waals surface area contributed by atoms with Crippen molar-refractivity contribution in [3.05, 3.63) is 171 Å². The molecule has 5 aromatic carbocycles. The van der Waals surface area contributed by atoms with Crippen LogP contribution in [-0.4, -0.2) is 28.2 Å². The summed E-state index contributed by atoms with van der Waals surface area (Å²) in [7, 11) is 0. The van der Waals surface area contributed by atoms with Crippen LogP contribution in [0, 0.1) is 10.1 Å². The minimum atomic E-state index is -0.541. The van der Waals surface area contributed by atoms with Crippen LogP contribution in [0.3, 0.4) is 0 Å². The summed E-state index contributed by atoms with van der Waals surface area (Å²) in [6, 6.07) is 40.9. The third-order valence-corrected chi connectivity index (χ3v) is 8.20. The quantitative estimate of drug-likeness (QED) is 0.123. The Hall–Kier alpha value is -5.96. The molecule has 236 valence electrons. The molecule has 0 saturated carbocycles. The molecule has 1 aliphatic rings. The highest BCUT2D eigenvalue weighted by Crippen LogP contribution is 2.42. The van der Waals surface area contributed by atoms with E-state index in [-0.39, 0.29) is 42.3 Å². The second-order valence-corrected chi connectivity index (χ2v) is 11.4. The first kappa shape index (κ1) is 31.0. The van der Waals surface area contributed by atoms with Gasteiger partial charge in [0.2, 0.25) is 0 Å². The molecule has 0 radical (unpaired) electrons. The molecule has 2 atom stereocenters. The summed E-state index contributed by atoms with van der Waals surface area (Å²) in [6.45, 7) is 2.51. The van der Waals surface area contributed by atoms with E-state index in [1.54, 1.807) is 23.1 Å². The van der Waals surface area contributed by atoms with Crippen LogP contribution in [0.5, 0.6) is 5.75 Å². The van der Waals surface area contributed by atoms with E-state index in [4.69, 9.17) is 4.74 Å². The number of non-ortho nitro benzene ring substituents is 1. The molecule has 1 aliphatic heterocycles. The van der Waals surface area contributed by atoms with Gasteiger partial charge in [-0.15, -0.1) is 0 Å². The van der Waals surface area contributed by atoms with E-state index in [0.717, 1.165) is 22.3 Å². The molecule has 0 bridgehead atoms. The number of nitro benzene ring substituents is 1. The molecule has 5 aromatic rings. The molecule has 2 amide bonds. The molecule has 47 heavy (non-hydrogen) atoms. The highest BCUT2D eigenvalue weighted by atomic mass is 16.6. The maximum Gasteiger partial charge on any atom is 0.270 e. The van der Waals surface area contributed by atoms with Crippen LogP contribution in [0.4, 0.5) is 11.4 Å². The molecule has 0 fully saturated rings. The molecule has 0 aliphatic carbocycles. The number of ether oxygens (including phenoxy) is 1. The lowest BCUT2D eigenvalue weighted by molar-refractivity contribution is -0.384. The molecule has 0 unspecified atom stereocenters. The van der Waals surface area contributed by atoms with E-state index in [0.29, 0.717) is 18.0 Å². The van der Waals surface area contributed by atoms with E-state index >= 15 is 0 Å². The van der Waals surface area contributed by atoms with E-state index in [2.05, 4.69) is 10.2 Å². The number of nitro groups is 1. The van der Waals surface area contributed by atoms with Crippen molar-refractivity contribution in [3.63, 3.8) is 0 Å². The van der Waals surface area contributed by atoms with Crippen molar-refractivity contribution >= 4 is 23.2 Å². The summed E-state index contributed by atoms with van der Waals surface area (Å²) in [5.41, 5.74) is 4.52. The Balaban J connectivity index is 1.31. The summed E-state index contributed by atoms with van der Waals surface area (Å²) in [4.78, 5) is 41.9. The van der Waals surface area contributed by atoms with Crippen LogP contribution in [-0.2, 0) is 17.9 Å². The third-order valence-electron chi connectivity index (χ3n) is 8.20. The fourth-order valence-electron chi connectivity index (χ4n) is 5.87.